The fourth-order valence-electron chi connectivity index (χ4n) is 1.14. The summed E-state index contributed by atoms with van der Waals surface area (Å²) in [4.78, 5) is 8.07. The molecular weight excluding hydrogens is 247 g/mol. The molecule has 1 aromatic rings. The maximum Gasteiger partial charge on any atom is 0.405 e. The quantitative estimate of drug-likeness (QED) is 0.886. The molecule has 16 heavy (non-hydrogen) atoms. The summed E-state index contributed by atoms with van der Waals surface area (Å²) in [7, 11) is 0. The zero-order valence-corrected chi connectivity index (χ0v) is 8.83. The van der Waals surface area contributed by atoms with Gasteiger partial charge in [0.1, 0.15) is 17.9 Å². The third-order valence-corrected chi connectivity index (χ3v) is 1.95. The average Bonchev–Trinajstić information content (AvgIpc) is 2.16. The lowest BCUT2D eigenvalue weighted by Crippen LogP contribution is -2.37. The Hall–Kier alpha value is -1.08. The van der Waals surface area contributed by atoms with E-state index in [9.17, 15) is 13.2 Å². The Morgan fingerprint density at radius 1 is 1.44 bits per heavy atom. The van der Waals surface area contributed by atoms with Gasteiger partial charge in [-0.1, -0.05) is 11.6 Å². The van der Waals surface area contributed by atoms with Gasteiger partial charge in [-0.05, 0) is 0 Å². The summed E-state index contributed by atoms with van der Waals surface area (Å²) < 4.78 is 36.7. The van der Waals surface area contributed by atoms with E-state index in [4.69, 9.17) is 16.7 Å². The zero-order chi connectivity index (χ0) is 12.2. The molecule has 0 fully saturated rings. The van der Waals surface area contributed by atoms with E-state index in [0.717, 1.165) is 11.2 Å². The lowest BCUT2D eigenvalue weighted by atomic mass is 10.4. The second kappa shape index (κ2) is 5.31. The van der Waals surface area contributed by atoms with Crippen molar-refractivity contribution in [3.8, 4) is 0 Å². The molecule has 0 aliphatic rings. The first-order chi connectivity index (χ1) is 7.44. The Balaban J connectivity index is 2.89. The molecule has 0 radical (unpaired) electrons. The number of aromatic nitrogens is 2. The third kappa shape index (κ3) is 3.82. The number of anilines is 1. The van der Waals surface area contributed by atoms with Crippen LogP contribution in [-0.2, 0) is 0 Å². The van der Waals surface area contributed by atoms with Gasteiger partial charge in [-0.3, -0.25) is 0 Å². The van der Waals surface area contributed by atoms with Crippen LogP contribution in [0.5, 0.6) is 0 Å². The molecule has 0 saturated heterocycles. The van der Waals surface area contributed by atoms with Crippen molar-refractivity contribution >= 4 is 17.4 Å². The lowest BCUT2D eigenvalue weighted by Gasteiger charge is -2.24. The van der Waals surface area contributed by atoms with E-state index < -0.39 is 19.3 Å². The Morgan fingerprint density at radius 2 is 2.12 bits per heavy atom. The van der Waals surface area contributed by atoms with Crippen molar-refractivity contribution in [2.24, 2.45) is 0 Å². The van der Waals surface area contributed by atoms with Gasteiger partial charge >= 0.3 is 6.18 Å². The van der Waals surface area contributed by atoms with Gasteiger partial charge in [0.25, 0.3) is 0 Å². The topological polar surface area (TPSA) is 49.2 Å². The Bertz CT molecular complexity index is 348. The molecule has 4 nitrogen and oxygen atoms in total. The van der Waals surface area contributed by atoms with E-state index in [-0.39, 0.29) is 17.4 Å². The van der Waals surface area contributed by atoms with Gasteiger partial charge in [0.05, 0.1) is 12.8 Å². The summed E-state index contributed by atoms with van der Waals surface area (Å²) in [6.07, 6.45) is -2.09. The van der Waals surface area contributed by atoms with Gasteiger partial charge in [-0.2, -0.15) is 13.2 Å². The summed E-state index contributed by atoms with van der Waals surface area (Å²) >= 11 is 5.67. The predicted molar refractivity (Wildman–Crippen MR) is 52.4 cm³/mol. The third-order valence-electron chi connectivity index (χ3n) is 1.69. The van der Waals surface area contributed by atoms with Crippen LogP contribution in [0.4, 0.5) is 19.0 Å². The summed E-state index contributed by atoms with van der Waals surface area (Å²) in [5.74, 6) is -0.0389. The maximum absolute atomic E-state index is 12.2. The van der Waals surface area contributed by atoms with E-state index in [0.29, 0.717) is 0 Å². The van der Waals surface area contributed by atoms with Gasteiger partial charge < -0.3 is 10.0 Å². The highest BCUT2D eigenvalue weighted by Gasteiger charge is 2.31. The van der Waals surface area contributed by atoms with Crippen molar-refractivity contribution in [3.63, 3.8) is 0 Å². The summed E-state index contributed by atoms with van der Waals surface area (Å²) in [6, 6.07) is 0. The second-order valence-corrected chi connectivity index (χ2v) is 3.36. The van der Waals surface area contributed by atoms with E-state index >= 15 is 0 Å². The fourth-order valence-corrected chi connectivity index (χ4v) is 1.36. The molecular formula is C8H9ClF3N3O. The largest absolute Gasteiger partial charge is 0.405 e. The van der Waals surface area contributed by atoms with Crippen molar-refractivity contribution in [1.29, 1.82) is 0 Å². The fraction of sp³-hybridized carbons (Fsp3) is 0.500. The standard InChI is InChI=1S/C8H9ClF3N3O/c9-6-3-13-5-14-7(6)15(1-2-16)4-8(10,11)12/h3,5,16H,1-2,4H2. The summed E-state index contributed by atoms with van der Waals surface area (Å²) in [5.41, 5.74) is 0. The average molecular weight is 256 g/mol. The minimum Gasteiger partial charge on any atom is -0.395 e. The molecule has 0 atom stereocenters. The smallest absolute Gasteiger partial charge is 0.395 e. The molecule has 0 spiro atoms. The number of aliphatic hydroxyl groups excluding tert-OH is 1. The minimum absolute atomic E-state index is 0.0141. The van der Waals surface area contributed by atoms with E-state index in [1.165, 1.54) is 6.20 Å². The Kier molecular flexibility index (Phi) is 4.31. The lowest BCUT2D eigenvalue weighted by molar-refractivity contribution is -0.119. The Morgan fingerprint density at radius 3 is 2.62 bits per heavy atom. The van der Waals surface area contributed by atoms with Crippen molar-refractivity contribution in [2.75, 3.05) is 24.6 Å². The predicted octanol–water partition coefficient (Wildman–Crippen LogP) is 1.49. The molecule has 0 saturated carbocycles. The monoisotopic (exact) mass is 255 g/mol. The van der Waals surface area contributed by atoms with E-state index in [2.05, 4.69) is 9.97 Å². The molecule has 1 rings (SSSR count). The van der Waals surface area contributed by atoms with Gasteiger partial charge in [-0.25, -0.2) is 9.97 Å². The minimum atomic E-state index is -4.39. The molecule has 0 aromatic carbocycles. The molecule has 0 aliphatic heterocycles. The highest BCUT2D eigenvalue weighted by molar-refractivity contribution is 6.32. The van der Waals surface area contributed by atoms with Gasteiger partial charge in [-0.15, -0.1) is 0 Å². The van der Waals surface area contributed by atoms with Crippen LogP contribution in [0, 0.1) is 0 Å². The number of hydrogen-bond donors (Lipinski definition) is 1. The number of alkyl halides is 3. The normalized spacial score (nSPS) is 11.6. The first-order valence-electron chi connectivity index (χ1n) is 4.32. The number of rotatable bonds is 4. The molecule has 0 aliphatic carbocycles. The van der Waals surface area contributed by atoms with Crippen molar-refractivity contribution in [2.45, 2.75) is 6.18 Å². The summed E-state index contributed by atoms with van der Waals surface area (Å²) in [5, 5.41) is 8.70. The molecule has 0 amide bonds. The number of halogens is 4. The zero-order valence-electron chi connectivity index (χ0n) is 8.08. The van der Waals surface area contributed by atoms with Crippen LogP contribution in [0.25, 0.3) is 0 Å². The molecule has 1 N–H and O–H groups in total. The summed E-state index contributed by atoms with van der Waals surface area (Å²) in [6.45, 7) is -1.84. The second-order valence-electron chi connectivity index (χ2n) is 2.95. The van der Waals surface area contributed by atoms with Crippen LogP contribution >= 0.6 is 11.6 Å². The highest BCUT2D eigenvalue weighted by Crippen LogP contribution is 2.25. The van der Waals surface area contributed by atoms with Gasteiger partial charge in [0.15, 0.2) is 5.82 Å². The number of aliphatic hydroxyl groups is 1. The SMILES string of the molecule is OCCN(CC(F)(F)F)c1ncncc1Cl. The number of hydrogen-bond acceptors (Lipinski definition) is 4. The van der Waals surface area contributed by atoms with Crippen LogP contribution in [0.1, 0.15) is 0 Å². The first kappa shape index (κ1) is 13.0. The van der Waals surface area contributed by atoms with Crippen LogP contribution in [-0.4, -0.2) is 40.9 Å². The maximum atomic E-state index is 12.2. The van der Waals surface area contributed by atoms with Gasteiger partial charge in [0.2, 0.25) is 0 Å². The van der Waals surface area contributed by atoms with Crippen LogP contribution in [0.15, 0.2) is 12.5 Å². The molecule has 1 aromatic heterocycles. The van der Waals surface area contributed by atoms with E-state index in [1.807, 2.05) is 0 Å². The molecule has 8 heteroatoms. The molecule has 1 heterocycles. The van der Waals surface area contributed by atoms with Crippen molar-refractivity contribution in [3.05, 3.63) is 17.5 Å². The van der Waals surface area contributed by atoms with E-state index in [1.54, 1.807) is 0 Å². The van der Waals surface area contributed by atoms with Crippen molar-refractivity contribution < 1.29 is 18.3 Å². The van der Waals surface area contributed by atoms with Crippen LogP contribution < -0.4 is 4.90 Å². The van der Waals surface area contributed by atoms with Crippen molar-refractivity contribution in [1.82, 2.24) is 9.97 Å². The van der Waals surface area contributed by atoms with Crippen LogP contribution in [0.3, 0.4) is 0 Å². The highest BCUT2D eigenvalue weighted by atomic mass is 35.5. The molecule has 90 valence electrons. The number of nitrogens with zero attached hydrogens (tertiary/aromatic N) is 3. The van der Waals surface area contributed by atoms with Crippen LogP contribution in [0.2, 0.25) is 5.02 Å². The molecule has 0 bridgehead atoms. The van der Waals surface area contributed by atoms with Gasteiger partial charge in [0, 0.05) is 6.54 Å². The first-order valence-corrected chi connectivity index (χ1v) is 4.70. The molecule has 0 unspecified atom stereocenters. The Labute approximate surface area is 94.7 Å².